The van der Waals surface area contributed by atoms with Crippen LogP contribution in [0.2, 0.25) is 10.0 Å². The summed E-state index contributed by atoms with van der Waals surface area (Å²) in [6.07, 6.45) is 5.57. The predicted molar refractivity (Wildman–Crippen MR) is 107 cm³/mol. The Morgan fingerprint density at radius 1 is 1.10 bits per heavy atom. The van der Waals surface area contributed by atoms with Crippen molar-refractivity contribution < 1.29 is 18.8 Å². The van der Waals surface area contributed by atoms with Crippen LogP contribution in [0.1, 0.15) is 54.5 Å². The number of rotatable bonds is 8. The maximum absolute atomic E-state index is 12.1. The summed E-state index contributed by atoms with van der Waals surface area (Å²) in [6, 6.07) is 4.74. The average molecular weight is 441 g/mol. The third-order valence-electron chi connectivity index (χ3n) is 4.60. The summed E-state index contributed by atoms with van der Waals surface area (Å²) < 4.78 is 10.4. The fraction of sp³-hybridized carbons (Fsp3) is 0.474. The molecule has 1 aromatic heterocycles. The van der Waals surface area contributed by atoms with Crippen LogP contribution in [0, 0.1) is 0 Å². The van der Waals surface area contributed by atoms with Gasteiger partial charge in [0.25, 0.3) is 5.91 Å². The second-order valence-electron chi connectivity index (χ2n) is 6.76. The summed E-state index contributed by atoms with van der Waals surface area (Å²) in [4.78, 5) is 28.1. The first kappa shape index (κ1) is 21.4. The van der Waals surface area contributed by atoms with Crippen LogP contribution in [0.4, 0.5) is 0 Å². The Morgan fingerprint density at radius 3 is 2.62 bits per heavy atom. The molecule has 10 heteroatoms. The lowest BCUT2D eigenvalue weighted by atomic mass is 9.89. The molecule has 1 fully saturated rings. The maximum Gasteiger partial charge on any atom is 0.315 e. The summed E-state index contributed by atoms with van der Waals surface area (Å²) in [6.45, 7) is 0.276. The molecule has 8 nitrogen and oxygen atoms in total. The monoisotopic (exact) mass is 440 g/mol. The number of hydrogen-bond donors (Lipinski definition) is 2. The number of nitrogens with zero attached hydrogens (tertiary/aromatic N) is 2. The fourth-order valence-corrected chi connectivity index (χ4v) is 3.36. The van der Waals surface area contributed by atoms with Crippen LogP contribution in [-0.2, 0) is 4.79 Å². The first-order valence-electron chi connectivity index (χ1n) is 9.49. The van der Waals surface area contributed by atoms with Crippen molar-refractivity contribution in [2.75, 3.05) is 19.7 Å². The molecule has 1 heterocycles. The maximum atomic E-state index is 12.1. The van der Waals surface area contributed by atoms with Crippen LogP contribution in [0.15, 0.2) is 22.7 Å². The largest absolute Gasteiger partial charge is 0.484 e. The van der Waals surface area contributed by atoms with Crippen LogP contribution < -0.4 is 15.4 Å². The standard InChI is InChI=1S/C19H22Cl2N4O4/c20-14-7-6-13(10-15(14)21)28-11-16(26)22-8-9-23-18(27)19-24-17(25-29-19)12-4-2-1-3-5-12/h6-7,10,12H,1-5,8-9,11H2,(H,22,26)(H,23,27). The minimum atomic E-state index is -0.458. The van der Waals surface area contributed by atoms with Crippen LogP contribution >= 0.6 is 23.2 Å². The van der Waals surface area contributed by atoms with Gasteiger partial charge in [-0.2, -0.15) is 4.98 Å². The molecule has 0 aliphatic heterocycles. The van der Waals surface area contributed by atoms with E-state index in [9.17, 15) is 9.59 Å². The molecule has 0 saturated heterocycles. The Kier molecular flexibility index (Phi) is 7.71. The topological polar surface area (TPSA) is 106 Å². The summed E-state index contributed by atoms with van der Waals surface area (Å²) in [5.41, 5.74) is 0. The molecule has 29 heavy (non-hydrogen) atoms. The average Bonchev–Trinajstić information content (AvgIpc) is 3.23. The molecule has 1 saturated carbocycles. The van der Waals surface area contributed by atoms with Crippen LogP contribution in [0.25, 0.3) is 0 Å². The van der Waals surface area contributed by atoms with Crippen LogP contribution in [0.3, 0.4) is 0 Å². The second kappa shape index (κ2) is 10.5. The van der Waals surface area contributed by atoms with Gasteiger partial charge >= 0.3 is 11.8 Å². The molecule has 3 rings (SSSR count). The van der Waals surface area contributed by atoms with Gasteiger partial charge in [-0.15, -0.1) is 0 Å². The van der Waals surface area contributed by atoms with Crippen molar-refractivity contribution >= 4 is 35.0 Å². The molecule has 1 aliphatic carbocycles. The van der Waals surface area contributed by atoms with E-state index >= 15 is 0 Å². The van der Waals surface area contributed by atoms with Gasteiger partial charge in [0.1, 0.15) is 5.75 Å². The highest BCUT2D eigenvalue weighted by atomic mass is 35.5. The van der Waals surface area contributed by atoms with E-state index in [1.165, 1.54) is 12.5 Å². The number of carbonyl (C=O) groups excluding carboxylic acids is 2. The SMILES string of the molecule is O=C(COc1ccc(Cl)c(Cl)c1)NCCNC(=O)c1nc(C2CCCCC2)no1. The van der Waals surface area contributed by atoms with Crippen molar-refractivity contribution in [1.82, 2.24) is 20.8 Å². The van der Waals surface area contributed by atoms with Crippen LogP contribution in [-0.4, -0.2) is 41.7 Å². The summed E-state index contributed by atoms with van der Waals surface area (Å²) in [5, 5.41) is 9.96. The molecule has 1 aliphatic rings. The van der Waals surface area contributed by atoms with Gasteiger partial charge in [0, 0.05) is 25.1 Å². The van der Waals surface area contributed by atoms with Gasteiger partial charge in [0.2, 0.25) is 0 Å². The lowest BCUT2D eigenvalue weighted by Crippen LogP contribution is -2.36. The van der Waals surface area contributed by atoms with Crippen molar-refractivity contribution in [3.05, 3.63) is 40.0 Å². The van der Waals surface area contributed by atoms with Gasteiger partial charge in [-0.3, -0.25) is 9.59 Å². The van der Waals surface area contributed by atoms with E-state index in [1.54, 1.807) is 12.1 Å². The van der Waals surface area contributed by atoms with Gasteiger partial charge < -0.3 is 19.9 Å². The summed E-state index contributed by atoms with van der Waals surface area (Å²) in [7, 11) is 0. The van der Waals surface area contributed by atoms with Gasteiger partial charge in [-0.25, -0.2) is 0 Å². The first-order valence-corrected chi connectivity index (χ1v) is 10.2. The quantitative estimate of drug-likeness (QED) is 0.609. The molecule has 0 spiro atoms. The van der Waals surface area contributed by atoms with E-state index in [2.05, 4.69) is 20.8 Å². The van der Waals surface area contributed by atoms with Gasteiger partial charge in [-0.05, 0) is 25.0 Å². The number of carbonyl (C=O) groups is 2. The fourth-order valence-electron chi connectivity index (χ4n) is 3.07. The summed E-state index contributed by atoms with van der Waals surface area (Å²) >= 11 is 11.7. The molecule has 0 bridgehead atoms. The molecule has 2 N–H and O–H groups in total. The van der Waals surface area contributed by atoms with Gasteiger partial charge in [0.15, 0.2) is 12.4 Å². The Morgan fingerprint density at radius 2 is 1.86 bits per heavy atom. The van der Waals surface area contributed by atoms with Crippen molar-refractivity contribution in [2.45, 2.75) is 38.0 Å². The Hall–Kier alpha value is -2.32. The van der Waals surface area contributed by atoms with E-state index in [0.717, 1.165) is 25.7 Å². The van der Waals surface area contributed by atoms with E-state index in [4.69, 9.17) is 32.5 Å². The van der Waals surface area contributed by atoms with Crippen molar-refractivity contribution in [3.63, 3.8) is 0 Å². The van der Waals surface area contributed by atoms with Crippen molar-refractivity contribution in [3.8, 4) is 5.75 Å². The van der Waals surface area contributed by atoms with Crippen molar-refractivity contribution in [1.29, 1.82) is 0 Å². The molecular formula is C19H22Cl2N4O4. The van der Waals surface area contributed by atoms with E-state index < -0.39 is 5.91 Å². The van der Waals surface area contributed by atoms with Gasteiger partial charge in [-0.1, -0.05) is 47.6 Å². The molecule has 2 amide bonds. The molecule has 1 aromatic carbocycles. The predicted octanol–water partition coefficient (Wildman–Crippen LogP) is 3.35. The molecule has 156 valence electrons. The molecule has 0 unspecified atom stereocenters. The number of amides is 2. The van der Waals surface area contributed by atoms with E-state index in [-0.39, 0.29) is 37.4 Å². The summed E-state index contributed by atoms with van der Waals surface area (Å²) in [5.74, 6) is 0.461. The Bertz CT molecular complexity index is 852. The second-order valence-corrected chi connectivity index (χ2v) is 7.58. The van der Waals surface area contributed by atoms with Crippen LogP contribution in [0.5, 0.6) is 5.75 Å². The highest BCUT2D eigenvalue weighted by molar-refractivity contribution is 6.42. The van der Waals surface area contributed by atoms with Gasteiger partial charge in [0.05, 0.1) is 10.0 Å². The highest BCUT2D eigenvalue weighted by Crippen LogP contribution is 2.30. The number of benzene rings is 1. The first-order chi connectivity index (χ1) is 14.0. The Labute approximate surface area is 178 Å². The number of ether oxygens (including phenoxy) is 1. The molecular weight excluding hydrogens is 419 g/mol. The lowest BCUT2D eigenvalue weighted by Gasteiger charge is -2.17. The van der Waals surface area contributed by atoms with E-state index in [1.807, 2.05) is 0 Å². The normalized spacial score (nSPS) is 14.4. The zero-order chi connectivity index (χ0) is 20.6. The van der Waals surface area contributed by atoms with E-state index in [0.29, 0.717) is 21.6 Å². The zero-order valence-electron chi connectivity index (χ0n) is 15.7. The minimum Gasteiger partial charge on any atom is -0.484 e. The molecule has 0 atom stereocenters. The lowest BCUT2D eigenvalue weighted by molar-refractivity contribution is -0.123. The smallest absolute Gasteiger partial charge is 0.315 e. The third-order valence-corrected chi connectivity index (χ3v) is 5.34. The number of aromatic nitrogens is 2. The third kappa shape index (κ3) is 6.33. The number of hydrogen-bond acceptors (Lipinski definition) is 6. The minimum absolute atomic E-state index is 0.0557. The molecule has 2 aromatic rings. The number of nitrogens with one attached hydrogen (secondary N) is 2. The molecule has 0 radical (unpaired) electrons. The zero-order valence-corrected chi connectivity index (χ0v) is 17.3. The highest BCUT2D eigenvalue weighted by Gasteiger charge is 2.23. The Balaban J connectivity index is 1.34. The number of halogens is 2. The van der Waals surface area contributed by atoms with Crippen molar-refractivity contribution in [2.24, 2.45) is 0 Å².